The molecule has 0 atom stereocenters. The number of hydrogen-bond acceptors (Lipinski definition) is 2. The van der Waals surface area contributed by atoms with Gasteiger partial charge in [-0.15, -0.1) is 0 Å². The van der Waals surface area contributed by atoms with Crippen LogP contribution in [0.4, 0.5) is 5.69 Å². The van der Waals surface area contributed by atoms with Crippen molar-refractivity contribution in [2.45, 2.75) is 46.2 Å². The summed E-state index contributed by atoms with van der Waals surface area (Å²) in [5.74, 6) is 0.724. The molecule has 0 bridgehead atoms. The SMILES string of the molecule is CNCc1ccc(N(CC(C)C)C2CC2)c(C)c1. The van der Waals surface area contributed by atoms with Gasteiger partial charge in [0.25, 0.3) is 0 Å². The molecule has 0 amide bonds. The minimum atomic E-state index is 0.724. The molecule has 18 heavy (non-hydrogen) atoms. The quantitative estimate of drug-likeness (QED) is 0.828. The molecule has 0 heterocycles. The summed E-state index contributed by atoms with van der Waals surface area (Å²) in [6.45, 7) is 8.98. The van der Waals surface area contributed by atoms with E-state index in [4.69, 9.17) is 0 Å². The fourth-order valence-corrected chi connectivity index (χ4v) is 2.58. The van der Waals surface area contributed by atoms with Gasteiger partial charge in [0.2, 0.25) is 0 Å². The van der Waals surface area contributed by atoms with Gasteiger partial charge in [-0.25, -0.2) is 0 Å². The molecular weight excluding hydrogens is 220 g/mol. The monoisotopic (exact) mass is 246 g/mol. The summed E-state index contributed by atoms with van der Waals surface area (Å²) < 4.78 is 0. The Morgan fingerprint density at radius 1 is 1.33 bits per heavy atom. The first kappa shape index (κ1) is 13.4. The highest BCUT2D eigenvalue weighted by Gasteiger charge is 2.30. The fourth-order valence-electron chi connectivity index (χ4n) is 2.58. The van der Waals surface area contributed by atoms with Crippen LogP contribution in [0.1, 0.15) is 37.8 Å². The number of hydrogen-bond donors (Lipinski definition) is 1. The summed E-state index contributed by atoms with van der Waals surface area (Å²) >= 11 is 0. The third kappa shape index (κ3) is 3.26. The van der Waals surface area contributed by atoms with Crippen LogP contribution in [0.15, 0.2) is 18.2 Å². The van der Waals surface area contributed by atoms with E-state index in [1.807, 2.05) is 7.05 Å². The minimum absolute atomic E-state index is 0.724. The van der Waals surface area contributed by atoms with E-state index in [2.05, 4.69) is 49.2 Å². The van der Waals surface area contributed by atoms with E-state index in [9.17, 15) is 0 Å². The first-order chi connectivity index (χ1) is 8.61. The van der Waals surface area contributed by atoms with Crippen LogP contribution in [0.25, 0.3) is 0 Å². The Morgan fingerprint density at radius 2 is 2.06 bits per heavy atom. The standard InChI is InChI=1S/C16H26N2/c1-12(2)11-18(15-6-7-15)16-8-5-14(10-17-4)9-13(16)3/h5,8-9,12,15,17H,6-7,10-11H2,1-4H3. The highest BCUT2D eigenvalue weighted by molar-refractivity contribution is 5.56. The summed E-state index contributed by atoms with van der Waals surface area (Å²) in [7, 11) is 2.00. The van der Waals surface area contributed by atoms with Crippen molar-refractivity contribution >= 4 is 5.69 Å². The van der Waals surface area contributed by atoms with Crippen LogP contribution >= 0.6 is 0 Å². The number of anilines is 1. The van der Waals surface area contributed by atoms with Crippen molar-refractivity contribution in [3.8, 4) is 0 Å². The summed E-state index contributed by atoms with van der Waals surface area (Å²) in [6, 6.07) is 7.68. The van der Waals surface area contributed by atoms with Crippen LogP contribution in [-0.2, 0) is 6.54 Å². The van der Waals surface area contributed by atoms with E-state index in [1.54, 1.807) is 0 Å². The molecule has 100 valence electrons. The molecule has 1 fully saturated rings. The van der Waals surface area contributed by atoms with Crippen LogP contribution in [0.2, 0.25) is 0 Å². The maximum atomic E-state index is 3.21. The van der Waals surface area contributed by atoms with E-state index < -0.39 is 0 Å². The molecular formula is C16H26N2. The van der Waals surface area contributed by atoms with Gasteiger partial charge in [0.05, 0.1) is 0 Å². The van der Waals surface area contributed by atoms with Crippen LogP contribution in [0.3, 0.4) is 0 Å². The maximum absolute atomic E-state index is 3.21. The highest BCUT2D eigenvalue weighted by Crippen LogP contribution is 2.34. The van der Waals surface area contributed by atoms with Crippen molar-refractivity contribution in [3.05, 3.63) is 29.3 Å². The first-order valence-electron chi connectivity index (χ1n) is 7.12. The summed E-state index contributed by atoms with van der Waals surface area (Å²) in [5.41, 5.74) is 4.22. The third-order valence-electron chi connectivity index (χ3n) is 3.50. The number of benzene rings is 1. The normalized spacial score (nSPS) is 15.2. The lowest BCUT2D eigenvalue weighted by Gasteiger charge is -2.28. The number of nitrogens with one attached hydrogen (secondary N) is 1. The van der Waals surface area contributed by atoms with Gasteiger partial charge in [-0.3, -0.25) is 0 Å². The Bertz CT molecular complexity index is 394. The molecule has 0 saturated heterocycles. The van der Waals surface area contributed by atoms with E-state index in [-0.39, 0.29) is 0 Å². The zero-order valence-corrected chi connectivity index (χ0v) is 12.2. The lowest BCUT2D eigenvalue weighted by atomic mass is 10.1. The number of nitrogens with zero attached hydrogens (tertiary/aromatic N) is 1. The Balaban J connectivity index is 2.19. The van der Waals surface area contributed by atoms with E-state index in [1.165, 1.54) is 36.2 Å². The van der Waals surface area contributed by atoms with Crippen LogP contribution in [0, 0.1) is 12.8 Å². The molecule has 1 aromatic rings. The highest BCUT2D eigenvalue weighted by atomic mass is 15.2. The van der Waals surface area contributed by atoms with Crippen molar-refractivity contribution in [1.29, 1.82) is 0 Å². The Hall–Kier alpha value is -1.02. The predicted molar refractivity (Wildman–Crippen MR) is 79.1 cm³/mol. The lowest BCUT2D eigenvalue weighted by molar-refractivity contribution is 0.606. The number of aryl methyl sites for hydroxylation is 1. The molecule has 1 N–H and O–H groups in total. The molecule has 0 radical (unpaired) electrons. The lowest BCUT2D eigenvalue weighted by Crippen LogP contribution is -2.30. The average Bonchev–Trinajstić information content (AvgIpc) is 3.10. The second-order valence-electron chi connectivity index (χ2n) is 5.93. The maximum Gasteiger partial charge on any atom is 0.0398 e. The van der Waals surface area contributed by atoms with Gasteiger partial charge in [-0.2, -0.15) is 0 Å². The van der Waals surface area contributed by atoms with Gasteiger partial charge < -0.3 is 10.2 Å². The van der Waals surface area contributed by atoms with E-state index >= 15 is 0 Å². The van der Waals surface area contributed by atoms with E-state index in [0.717, 1.165) is 18.5 Å². The van der Waals surface area contributed by atoms with Gasteiger partial charge in [0.15, 0.2) is 0 Å². The topological polar surface area (TPSA) is 15.3 Å². The van der Waals surface area contributed by atoms with Gasteiger partial charge >= 0.3 is 0 Å². The molecule has 1 saturated carbocycles. The Kier molecular flexibility index (Phi) is 4.28. The second kappa shape index (κ2) is 5.75. The fraction of sp³-hybridized carbons (Fsp3) is 0.625. The van der Waals surface area contributed by atoms with Crippen LogP contribution in [0.5, 0.6) is 0 Å². The predicted octanol–water partition coefficient (Wildman–Crippen LogP) is 3.34. The smallest absolute Gasteiger partial charge is 0.0398 e. The van der Waals surface area contributed by atoms with Crippen molar-refractivity contribution in [2.75, 3.05) is 18.5 Å². The largest absolute Gasteiger partial charge is 0.368 e. The zero-order chi connectivity index (χ0) is 13.1. The molecule has 2 nitrogen and oxygen atoms in total. The second-order valence-corrected chi connectivity index (χ2v) is 5.93. The Morgan fingerprint density at radius 3 is 2.56 bits per heavy atom. The van der Waals surface area contributed by atoms with Gasteiger partial charge in [-0.05, 0) is 49.9 Å². The molecule has 1 aromatic carbocycles. The molecule has 2 rings (SSSR count). The van der Waals surface area contributed by atoms with Gasteiger partial charge in [0.1, 0.15) is 0 Å². The van der Waals surface area contributed by atoms with Gasteiger partial charge in [0, 0.05) is 24.8 Å². The summed E-state index contributed by atoms with van der Waals surface area (Å²) in [6.07, 6.45) is 2.73. The number of rotatable bonds is 6. The van der Waals surface area contributed by atoms with Crippen LogP contribution < -0.4 is 10.2 Å². The molecule has 0 aliphatic heterocycles. The minimum Gasteiger partial charge on any atom is -0.368 e. The van der Waals surface area contributed by atoms with Crippen molar-refractivity contribution in [3.63, 3.8) is 0 Å². The summed E-state index contributed by atoms with van der Waals surface area (Å²) in [5, 5.41) is 3.21. The first-order valence-corrected chi connectivity index (χ1v) is 7.12. The molecule has 0 aromatic heterocycles. The summed E-state index contributed by atoms with van der Waals surface area (Å²) in [4.78, 5) is 2.61. The molecule has 2 heteroatoms. The third-order valence-corrected chi connectivity index (χ3v) is 3.50. The average molecular weight is 246 g/mol. The Labute approximate surface area is 111 Å². The molecule has 1 aliphatic carbocycles. The van der Waals surface area contributed by atoms with Crippen LogP contribution in [-0.4, -0.2) is 19.6 Å². The molecule has 1 aliphatic rings. The molecule has 0 unspecified atom stereocenters. The van der Waals surface area contributed by atoms with Crippen molar-refractivity contribution in [2.24, 2.45) is 5.92 Å². The van der Waals surface area contributed by atoms with E-state index in [0.29, 0.717) is 0 Å². The molecule has 0 spiro atoms. The zero-order valence-electron chi connectivity index (χ0n) is 12.2. The van der Waals surface area contributed by atoms with Crippen molar-refractivity contribution < 1.29 is 0 Å². The van der Waals surface area contributed by atoms with Crippen molar-refractivity contribution in [1.82, 2.24) is 5.32 Å². The van der Waals surface area contributed by atoms with Gasteiger partial charge in [-0.1, -0.05) is 26.0 Å².